The van der Waals surface area contributed by atoms with Crippen molar-refractivity contribution in [3.05, 3.63) is 96.1 Å². The first-order chi connectivity index (χ1) is 11.7. The lowest BCUT2D eigenvalue weighted by Gasteiger charge is -2.28. The number of nitrogens with two attached hydrogens (primary N) is 1. The zero-order chi connectivity index (χ0) is 16.6. The van der Waals surface area contributed by atoms with Crippen LogP contribution in [0.15, 0.2) is 84.9 Å². The number of fused-ring (bicyclic) bond motifs is 2. The summed E-state index contributed by atoms with van der Waals surface area (Å²) in [6.45, 7) is 0.129. The van der Waals surface area contributed by atoms with E-state index < -0.39 is 5.60 Å². The predicted octanol–water partition coefficient (Wildman–Crippen LogP) is 4.19. The Morgan fingerprint density at radius 1 is 0.625 bits per heavy atom. The van der Waals surface area contributed by atoms with Gasteiger partial charge >= 0.3 is 0 Å². The first-order valence-corrected chi connectivity index (χ1v) is 8.12. The van der Waals surface area contributed by atoms with Crippen LogP contribution in [0, 0.1) is 0 Å². The summed E-state index contributed by atoms with van der Waals surface area (Å²) in [7, 11) is 0. The lowest BCUT2D eigenvalue weighted by molar-refractivity contribution is 0.0905. The van der Waals surface area contributed by atoms with E-state index in [2.05, 4.69) is 24.3 Å². The summed E-state index contributed by atoms with van der Waals surface area (Å²) in [5.74, 6) is 0. The summed E-state index contributed by atoms with van der Waals surface area (Å²) in [6, 6.07) is 28.3. The largest absolute Gasteiger partial charge is 0.379 e. The summed E-state index contributed by atoms with van der Waals surface area (Å²) in [5.41, 5.74) is 6.45. The van der Waals surface area contributed by atoms with Crippen molar-refractivity contribution in [1.82, 2.24) is 0 Å². The van der Waals surface area contributed by atoms with Gasteiger partial charge in [-0.15, -0.1) is 0 Å². The molecule has 0 unspecified atom stereocenters. The highest BCUT2D eigenvalue weighted by Gasteiger charge is 2.30. The van der Waals surface area contributed by atoms with Crippen molar-refractivity contribution in [3.63, 3.8) is 0 Å². The molecule has 0 atom stereocenters. The molecule has 2 heteroatoms. The third kappa shape index (κ3) is 2.37. The van der Waals surface area contributed by atoms with Crippen LogP contribution in [-0.4, -0.2) is 11.7 Å². The van der Waals surface area contributed by atoms with Crippen molar-refractivity contribution in [2.24, 2.45) is 5.73 Å². The molecule has 0 aliphatic rings. The first kappa shape index (κ1) is 14.9. The Labute approximate surface area is 141 Å². The van der Waals surface area contributed by atoms with Gasteiger partial charge in [-0.05, 0) is 44.8 Å². The van der Waals surface area contributed by atoms with Gasteiger partial charge in [0.05, 0.1) is 0 Å². The minimum atomic E-state index is -1.20. The van der Waals surface area contributed by atoms with E-state index in [1.165, 1.54) is 0 Å². The van der Waals surface area contributed by atoms with E-state index in [4.69, 9.17) is 5.73 Å². The van der Waals surface area contributed by atoms with Gasteiger partial charge in [0, 0.05) is 6.54 Å². The topological polar surface area (TPSA) is 46.2 Å². The van der Waals surface area contributed by atoms with Gasteiger partial charge < -0.3 is 10.8 Å². The normalized spacial score (nSPS) is 11.9. The van der Waals surface area contributed by atoms with Gasteiger partial charge in [-0.1, -0.05) is 72.8 Å². The molecule has 0 saturated carbocycles. The van der Waals surface area contributed by atoms with Crippen LogP contribution in [0.25, 0.3) is 21.5 Å². The molecule has 4 rings (SSSR count). The highest BCUT2D eigenvalue weighted by Crippen LogP contribution is 2.32. The standard InChI is InChI=1S/C22H19NO/c23-15-22(24,20-11-9-16-5-1-3-7-18(16)13-20)21-12-10-17-6-2-4-8-19(17)14-21/h1-14,24H,15,23H2. The molecular weight excluding hydrogens is 294 g/mol. The molecule has 0 aromatic heterocycles. The van der Waals surface area contributed by atoms with Gasteiger partial charge in [0.15, 0.2) is 0 Å². The first-order valence-electron chi connectivity index (χ1n) is 8.12. The van der Waals surface area contributed by atoms with Crippen molar-refractivity contribution < 1.29 is 5.11 Å². The molecule has 0 fully saturated rings. The summed E-state index contributed by atoms with van der Waals surface area (Å²) in [6.07, 6.45) is 0. The molecule has 4 aromatic carbocycles. The van der Waals surface area contributed by atoms with Gasteiger partial charge in [0.2, 0.25) is 0 Å². The maximum Gasteiger partial charge on any atom is 0.127 e. The van der Waals surface area contributed by atoms with Crippen LogP contribution in [-0.2, 0) is 5.60 Å². The molecule has 0 radical (unpaired) electrons. The highest BCUT2D eigenvalue weighted by atomic mass is 16.3. The summed E-state index contributed by atoms with van der Waals surface area (Å²) in [5, 5.41) is 15.9. The number of rotatable bonds is 3. The van der Waals surface area contributed by atoms with Crippen LogP contribution in [0.2, 0.25) is 0 Å². The molecule has 4 aromatic rings. The molecule has 0 aliphatic carbocycles. The van der Waals surface area contributed by atoms with E-state index in [0.29, 0.717) is 0 Å². The van der Waals surface area contributed by atoms with Gasteiger partial charge in [0.25, 0.3) is 0 Å². The Morgan fingerprint density at radius 3 is 1.46 bits per heavy atom. The zero-order valence-corrected chi connectivity index (χ0v) is 13.3. The fraction of sp³-hybridized carbons (Fsp3) is 0.0909. The predicted molar refractivity (Wildman–Crippen MR) is 99.9 cm³/mol. The lowest BCUT2D eigenvalue weighted by Crippen LogP contribution is -2.36. The van der Waals surface area contributed by atoms with Crippen molar-refractivity contribution in [2.45, 2.75) is 5.60 Å². The fourth-order valence-corrected chi connectivity index (χ4v) is 3.30. The lowest BCUT2D eigenvalue weighted by atomic mass is 9.84. The SMILES string of the molecule is NCC(O)(c1ccc2ccccc2c1)c1ccc2ccccc2c1. The average molecular weight is 313 g/mol. The van der Waals surface area contributed by atoms with E-state index >= 15 is 0 Å². The third-order valence-corrected chi connectivity index (χ3v) is 4.75. The molecule has 0 bridgehead atoms. The Kier molecular flexibility index (Phi) is 3.57. The smallest absolute Gasteiger partial charge is 0.127 e. The van der Waals surface area contributed by atoms with Gasteiger partial charge in [-0.2, -0.15) is 0 Å². The molecule has 3 N–H and O–H groups in total. The number of aliphatic hydroxyl groups is 1. The fourth-order valence-electron chi connectivity index (χ4n) is 3.30. The maximum atomic E-state index is 11.4. The van der Waals surface area contributed by atoms with E-state index in [9.17, 15) is 5.11 Å². The van der Waals surface area contributed by atoms with E-state index in [1.807, 2.05) is 60.7 Å². The molecule has 2 nitrogen and oxygen atoms in total. The van der Waals surface area contributed by atoms with Crippen LogP contribution in [0.5, 0.6) is 0 Å². The van der Waals surface area contributed by atoms with Crippen molar-refractivity contribution in [2.75, 3.05) is 6.54 Å². The average Bonchev–Trinajstić information content (AvgIpc) is 2.66. The molecule has 118 valence electrons. The minimum Gasteiger partial charge on any atom is -0.379 e. The zero-order valence-electron chi connectivity index (χ0n) is 13.3. The van der Waals surface area contributed by atoms with E-state index in [0.717, 1.165) is 32.7 Å². The quantitative estimate of drug-likeness (QED) is 0.596. The summed E-state index contributed by atoms with van der Waals surface area (Å²) in [4.78, 5) is 0. The molecule has 0 heterocycles. The minimum absolute atomic E-state index is 0.129. The molecule has 0 amide bonds. The van der Waals surface area contributed by atoms with Crippen LogP contribution < -0.4 is 5.73 Å². The van der Waals surface area contributed by atoms with Crippen LogP contribution in [0.4, 0.5) is 0 Å². The highest BCUT2D eigenvalue weighted by molar-refractivity contribution is 5.85. The van der Waals surface area contributed by atoms with Crippen LogP contribution >= 0.6 is 0 Å². The molecular formula is C22H19NO. The molecule has 0 saturated heterocycles. The molecule has 24 heavy (non-hydrogen) atoms. The summed E-state index contributed by atoms with van der Waals surface area (Å²) < 4.78 is 0. The van der Waals surface area contributed by atoms with Crippen molar-refractivity contribution in [3.8, 4) is 0 Å². The van der Waals surface area contributed by atoms with Gasteiger partial charge in [-0.25, -0.2) is 0 Å². The van der Waals surface area contributed by atoms with Gasteiger partial charge in [0.1, 0.15) is 5.60 Å². The second-order valence-corrected chi connectivity index (χ2v) is 6.19. The maximum absolute atomic E-state index is 11.4. The Balaban J connectivity index is 1.89. The number of hydrogen-bond acceptors (Lipinski definition) is 2. The van der Waals surface area contributed by atoms with Crippen molar-refractivity contribution in [1.29, 1.82) is 0 Å². The van der Waals surface area contributed by atoms with Crippen molar-refractivity contribution >= 4 is 21.5 Å². The van der Waals surface area contributed by atoms with Crippen LogP contribution in [0.3, 0.4) is 0 Å². The monoisotopic (exact) mass is 313 g/mol. The molecule has 0 aliphatic heterocycles. The van der Waals surface area contributed by atoms with E-state index in [1.54, 1.807) is 0 Å². The number of benzene rings is 4. The van der Waals surface area contributed by atoms with Crippen LogP contribution in [0.1, 0.15) is 11.1 Å². The molecule has 0 spiro atoms. The number of hydrogen-bond donors (Lipinski definition) is 2. The van der Waals surface area contributed by atoms with E-state index in [-0.39, 0.29) is 6.54 Å². The Hall–Kier alpha value is -2.68. The second kappa shape index (κ2) is 5.75. The summed E-state index contributed by atoms with van der Waals surface area (Å²) >= 11 is 0. The Morgan fingerprint density at radius 2 is 1.04 bits per heavy atom. The third-order valence-electron chi connectivity index (χ3n) is 4.75. The second-order valence-electron chi connectivity index (χ2n) is 6.19. The van der Waals surface area contributed by atoms with Gasteiger partial charge in [-0.3, -0.25) is 0 Å². The Bertz CT molecular complexity index is 943.